The molecule has 2 saturated carbocycles. The Bertz CT molecular complexity index is 847. The van der Waals surface area contributed by atoms with Crippen LogP contribution in [0.4, 0.5) is 0 Å². The van der Waals surface area contributed by atoms with Crippen LogP contribution in [0.25, 0.3) is 0 Å². The van der Waals surface area contributed by atoms with Gasteiger partial charge in [0.05, 0.1) is 19.1 Å². The molecule has 5 unspecified atom stereocenters. The maximum atomic E-state index is 12.3. The van der Waals surface area contributed by atoms with Crippen LogP contribution in [0.3, 0.4) is 0 Å². The van der Waals surface area contributed by atoms with Crippen molar-refractivity contribution in [3.05, 3.63) is 29.3 Å². The summed E-state index contributed by atoms with van der Waals surface area (Å²) in [7, 11) is 1.36. The topological polar surface area (TPSA) is 82.1 Å². The highest BCUT2D eigenvalue weighted by Crippen LogP contribution is 2.48. The molecular weight excluding hydrogens is 432 g/mol. The van der Waals surface area contributed by atoms with Gasteiger partial charge in [-0.1, -0.05) is 31.9 Å². The lowest BCUT2D eigenvalue weighted by Crippen LogP contribution is -2.29. The number of carbonyl (C=O) groups is 2. The highest BCUT2D eigenvalue weighted by atomic mass is 16.6. The van der Waals surface area contributed by atoms with E-state index in [0.717, 1.165) is 81.9 Å². The summed E-state index contributed by atoms with van der Waals surface area (Å²) in [5.74, 6) is 1.53. The number of hydrogen-bond acceptors (Lipinski definition) is 6. The summed E-state index contributed by atoms with van der Waals surface area (Å²) >= 11 is 0. The van der Waals surface area contributed by atoms with Crippen LogP contribution >= 0.6 is 0 Å². The van der Waals surface area contributed by atoms with Gasteiger partial charge in [-0.25, -0.2) is 4.79 Å². The predicted octanol–water partition coefficient (Wildman–Crippen LogP) is 4.63. The molecule has 0 heterocycles. The third-order valence-corrected chi connectivity index (χ3v) is 8.06. The average Bonchev–Trinajstić information content (AvgIpc) is 3.64. The van der Waals surface area contributed by atoms with Gasteiger partial charge in [0, 0.05) is 0 Å². The third kappa shape index (κ3) is 6.12. The van der Waals surface area contributed by atoms with Crippen molar-refractivity contribution in [1.29, 1.82) is 0 Å². The van der Waals surface area contributed by atoms with Crippen molar-refractivity contribution in [2.75, 3.05) is 13.7 Å². The number of benzene rings is 1. The Morgan fingerprint density at radius 3 is 2.71 bits per heavy atom. The van der Waals surface area contributed by atoms with Crippen molar-refractivity contribution < 1.29 is 28.9 Å². The van der Waals surface area contributed by atoms with Crippen LogP contribution in [0.1, 0.15) is 75.8 Å². The standard InChI is InChI=1S/C28H40O6/c1-3-4-5-8-21(34-28(31)18-10-11-18)12-13-22-23-14-19-7-6-9-26(33-17-27(30)32-2)24(19)15-20(23)16-25(22)29/h6-7,9,18,20-23,25,29H,3-5,8,10-17H2,1-2H3. The van der Waals surface area contributed by atoms with E-state index in [1.165, 1.54) is 12.7 Å². The van der Waals surface area contributed by atoms with Gasteiger partial charge in [-0.15, -0.1) is 0 Å². The quantitative estimate of drug-likeness (QED) is 0.353. The molecule has 3 aliphatic rings. The van der Waals surface area contributed by atoms with Crippen molar-refractivity contribution in [1.82, 2.24) is 0 Å². The minimum absolute atomic E-state index is 0.0163. The number of aliphatic hydroxyl groups is 1. The van der Waals surface area contributed by atoms with E-state index in [1.807, 2.05) is 12.1 Å². The van der Waals surface area contributed by atoms with E-state index >= 15 is 0 Å². The van der Waals surface area contributed by atoms with Crippen molar-refractivity contribution in [2.24, 2.45) is 23.7 Å². The maximum Gasteiger partial charge on any atom is 0.343 e. The van der Waals surface area contributed by atoms with Crippen LogP contribution in [0.15, 0.2) is 18.2 Å². The summed E-state index contributed by atoms with van der Waals surface area (Å²) in [5, 5.41) is 11.0. The molecule has 1 aromatic carbocycles. The van der Waals surface area contributed by atoms with E-state index in [2.05, 4.69) is 13.0 Å². The Hall–Kier alpha value is -2.08. The fraction of sp³-hybridized carbons (Fsp3) is 0.714. The Morgan fingerprint density at radius 1 is 1.15 bits per heavy atom. The first-order valence-electron chi connectivity index (χ1n) is 13.2. The van der Waals surface area contributed by atoms with Gasteiger partial charge in [0.25, 0.3) is 0 Å². The van der Waals surface area contributed by atoms with E-state index in [4.69, 9.17) is 14.2 Å². The van der Waals surface area contributed by atoms with Crippen LogP contribution in [-0.2, 0) is 31.9 Å². The number of aliphatic hydroxyl groups excluding tert-OH is 1. The first kappa shape index (κ1) is 25.0. The highest BCUT2D eigenvalue weighted by Gasteiger charge is 2.45. The molecule has 3 aliphatic carbocycles. The smallest absolute Gasteiger partial charge is 0.343 e. The number of fused-ring (bicyclic) bond motifs is 2. The zero-order valence-electron chi connectivity index (χ0n) is 20.7. The molecule has 0 spiro atoms. The van der Waals surface area contributed by atoms with Crippen molar-refractivity contribution in [3.8, 4) is 5.75 Å². The van der Waals surface area contributed by atoms with E-state index in [-0.39, 0.29) is 36.6 Å². The van der Waals surface area contributed by atoms with Crippen LogP contribution in [0.5, 0.6) is 5.75 Å². The molecule has 6 nitrogen and oxygen atoms in total. The Labute approximate surface area is 203 Å². The first-order chi connectivity index (χ1) is 16.5. The van der Waals surface area contributed by atoms with Gasteiger partial charge < -0.3 is 19.3 Å². The lowest BCUT2D eigenvalue weighted by atomic mass is 9.73. The molecule has 6 heteroatoms. The van der Waals surface area contributed by atoms with Crippen molar-refractivity contribution in [3.63, 3.8) is 0 Å². The summed E-state index contributed by atoms with van der Waals surface area (Å²) in [6, 6.07) is 6.04. The molecule has 2 fully saturated rings. The summed E-state index contributed by atoms with van der Waals surface area (Å²) in [6.45, 7) is 2.10. The normalized spacial score (nSPS) is 26.3. The second kappa shape index (κ2) is 11.6. The second-order valence-corrected chi connectivity index (χ2v) is 10.5. The second-order valence-electron chi connectivity index (χ2n) is 10.5. The molecular formula is C28H40O6. The molecule has 1 aromatic rings. The Morgan fingerprint density at radius 2 is 1.97 bits per heavy atom. The zero-order valence-corrected chi connectivity index (χ0v) is 20.7. The Balaban J connectivity index is 1.38. The van der Waals surface area contributed by atoms with E-state index < -0.39 is 5.97 Å². The average molecular weight is 473 g/mol. The lowest BCUT2D eigenvalue weighted by molar-refractivity contribution is -0.151. The van der Waals surface area contributed by atoms with Crippen molar-refractivity contribution in [2.45, 2.75) is 89.8 Å². The minimum atomic E-state index is -0.390. The fourth-order valence-corrected chi connectivity index (χ4v) is 5.98. The predicted molar refractivity (Wildman–Crippen MR) is 128 cm³/mol. The van der Waals surface area contributed by atoms with Gasteiger partial charge in [0.15, 0.2) is 6.61 Å². The van der Waals surface area contributed by atoms with Gasteiger partial charge in [-0.3, -0.25) is 4.79 Å². The number of esters is 2. The summed E-state index contributed by atoms with van der Waals surface area (Å²) in [6.07, 6.45) is 10.2. The lowest BCUT2D eigenvalue weighted by Gasteiger charge is -2.32. The van der Waals surface area contributed by atoms with Gasteiger partial charge in [0.1, 0.15) is 11.9 Å². The first-order valence-corrected chi connectivity index (χ1v) is 13.2. The van der Waals surface area contributed by atoms with Gasteiger partial charge >= 0.3 is 11.9 Å². The number of unbranched alkanes of at least 4 members (excludes halogenated alkanes) is 2. The molecule has 34 heavy (non-hydrogen) atoms. The van der Waals surface area contributed by atoms with Crippen LogP contribution in [-0.4, -0.2) is 43.0 Å². The summed E-state index contributed by atoms with van der Waals surface area (Å²) < 4.78 is 16.4. The number of methoxy groups -OCH3 is 1. The minimum Gasteiger partial charge on any atom is -0.482 e. The van der Waals surface area contributed by atoms with Gasteiger partial charge in [-0.2, -0.15) is 0 Å². The number of hydrogen-bond donors (Lipinski definition) is 1. The van der Waals surface area contributed by atoms with E-state index in [9.17, 15) is 14.7 Å². The molecule has 0 bridgehead atoms. The zero-order chi connectivity index (χ0) is 24.1. The SMILES string of the molecule is CCCCCC(CCC1C(O)CC2Cc3c(cccc3OCC(=O)OC)CC21)OC(=O)C1CC1. The van der Waals surface area contributed by atoms with Crippen LogP contribution in [0, 0.1) is 23.7 Å². The molecule has 1 N–H and O–H groups in total. The van der Waals surface area contributed by atoms with E-state index in [1.54, 1.807) is 0 Å². The van der Waals surface area contributed by atoms with Crippen molar-refractivity contribution >= 4 is 11.9 Å². The number of rotatable bonds is 12. The van der Waals surface area contributed by atoms with E-state index in [0.29, 0.717) is 11.8 Å². The molecule has 188 valence electrons. The van der Waals surface area contributed by atoms with Crippen LogP contribution in [0.2, 0.25) is 0 Å². The molecule has 0 saturated heterocycles. The molecule has 4 rings (SSSR count). The highest BCUT2D eigenvalue weighted by molar-refractivity contribution is 5.75. The Kier molecular flexibility index (Phi) is 8.51. The molecule has 0 amide bonds. The largest absolute Gasteiger partial charge is 0.482 e. The van der Waals surface area contributed by atoms with Gasteiger partial charge in [0.2, 0.25) is 0 Å². The third-order valence-electron chi connectivity index (χ3n) is 8.06. The summed E-state index contributed by atoms with van der Waals surface area (Å²) in [4.78, 5) is 23.8. The monoisotopic (exact) mass is 472 g/mol. The fourth-order valence-electron chi connectivity index (χ4n) is 5.98. The maximum absolute atomic E-state index is 12.3. The van der Waals surface area contributed by atoms with Crippen LogP contribution < -0.4 is 4.74 Å². The molecule has 0 aromatic heterocycles. The van der Waals surface area contributed by atoms with Gasteiger partial charge in [-0.05, 0) is 92.7 Å². The molecule has 0 radical (unpaired) electrons. The summed E-state index contributed by atoms with van der Waals surface area (Å²) in [5.41, 5.74) is 2.42. The molecule has 0 aliphatic heterocycles. The molecule has 5 atom stereocenters. The number of ether oxygens (including phenoxy) is 3. The number of carbonyl (C=O) groups excluding carboxylic acids is 2.